The Morgan fingerprint density at radius 1 is 1.00 bits per heavy atom. The second kappa shape index (κ2) is 9.71. The van der Waals surface area contributed by atoms with Crippen LogP contribution in [-0.2, 0) is 4.79 Å². The monoisotopic (exact) mass is 520 g/mol. The first-order valence-corrected chi connectivity index (χ1v) is 12.6. The molecule has 5 aromatic heterocycles. The zero-order valence-corrected chi connectivity index (χ0v) is 21.6. The lowest BCUT2D eigenvalue weighted by atomic mass is 10.0. The van der Waals surface area contributed by atoms with E-state index in [2.05, 4.69) is 35.5 Å². The number of halogens is 1. The molecule has 0 aliphatic heterocycles. The highest BCUT2D eigenvalue weighted by Gasteiger charge is 2.18. The molecule has 0 aliphatic rings. The highest BCUT2D eigenvalue weighted by molar-refractivity contribution is 5.96. The van der Waals surface area contributed by atoms with Crippen molar-refractivity contribution in [3.63, 3.8) is 0 Å². The Labute approximate surface area is 223 Å². The number of aromatic nitrogens is 7. The van der Waals surface area contributed by atoms with E-state index in [-0.39, 0.29) is 17.6 Å². The summed E-state index contributed by atoms with van der Waals surface area (Å²) in [4.78, 5) is 33.6. The van der Waals surface area contributed by atoms with Crippen molar-refractivity contribution in [1.29, 1.82) is 0 Å². The number of nitrogens with zero attached hydrogens (tertiary/aromatic N) is 5. The first kappa shape index (κ1) is 24.4. The van der Waals surface area contributed by atoms with Gasteiger partial charge in [0.05, 0.1) is 17.3 Å². The maximum absolute atomic E-state index is 14.1. The normalized spacial score (nSPS) is 11.5. The van der Waals surface area contributed by atoms with E-state index in [0.717, 1.165) is 33.2 Å². The number of aromatic amines is 2. The number of aryl methyl sites for hydroxylation is 1. The third-order valence-electron chi connectivity index (χ3n) is 6.33. The molecule has 0 aliphatic carbocycles. The Morgan fingerprint density at radius 3 is 2.67 bits per heavy atom. The van der Waals surface area contributed by atoms with Crippen LogP contribution >= 0.6 is 0 Å². The van der Waals surface area contributed by atoms with E-state index in [4.69, 9.17) is 4.98 Å². The van der Waals surface area contributed by atoms with E-state index in [1.54, 1.807) is 24.8 Å². The fourth-order valence-electron chi connectivity index (χ4n) is 4.64. The van der Waals surface area contributed by atoms with Crippen LogP contribution in [0, 0.1) is 18.7 Å². The molecule has 0 fully saturated rings. The molecule has 0 saturated carbocycles. The van der Waals surface area contributed by atoms with Crippen molar-refractivity contribution in [2.24, 2.45) is 5.92 Å². The van der Waals surface area contributed by atoms with Crippen molar-refractivity contribution in [3.8, 4) is 33.8 Å². The first-order valence-electron chi connectivity index (χ1n) is 12.6. The third-order valence-corrected chi connectivity index (χ3v) is 6.33. The third kappa shape index (κ3) is 4.84. The molecule has 10 heteroatoms. The molecule has 0 spiro atoms. The number of fused-ring (bicyclic) bond motifs is 2. The van der Waals surface area contributed by atoms with Gasteiger partial charge in [-0.15, -0.1) is 0 Å². The minimum Gasteiger partial charge on any atom is -0.325 e. The van der Waals surface area contributed by atoms with Crippen molar-refractivity contribution >= 4 is 33.8 Å². The van der Waals surface area contributed by atoms with Crippen molar-refractivity contribution in [2.45, 2.75) is 27.2 Å². The number of amides is 1. The SMILES string of the molecule is Cc1cc(F)cc(-c2ccnc3[nH]c(-c4n[nH]c5ncc(-c6cncc(NC(=O)CC(C)C)c6)cc45)nc23)c1. The molecule has 194 valence electrons. The van der Waals surface area contributed by atoms with Crippen LogP contribution in [0.5, 0.6) is 0 Å². The van der Waals surface area contributed by atoms with Gasteiger partial charge < -0.3 is 10.3 Å². The topological polar surface area (TPSA) is 125 Å². The number of carbonyl (C=O) groups is 1. The molecular weight excluding hydrogens is 495 g/mol. The van der Waals surface area contributed by atoms with Gasteiger partial charge in [-0.3, -0.25) is 14.9 Å². The molecule has 1 amide bonds. The number of hydrogen-bond acceptors (Lipinski definition) is 6. The Morgan fingerprint density at radius 2 is 1.85 bits per heavy atom. The van der Waals surface area contributed by atoms with E-state index in [0.29, 0.717) is 40.4 Å². The largest absolute Gasteiger partial charge is 0.325 e. The number of benzene rings is 1. The lowest BCUT2D eigenvalue weighted by Crippen LogP contribution is -2.13. The summed E-state index contributed by atoms with van der Waals surface area (Å²) in [6, 6.07) is 10.5. The molecule has 0 radical (unpaired) electrons. The number of carbonyl (C=O) groups excluding carboxylic acids is 1. The van der Waals surface area contributed by atoms with Gasteiger partial charge in [0.15, 0.2) is 17.1 Å². The first-order chi connectivity index (χ1) is 18.8. The van der Waals surface area contributed by atoms with E-state index >= 15 is 0 Å². The van der Waals surface area contributed by atoms with Crippen LogP contribution in [0.15, 0.2) is 61.2 Å². The van der Waals surface area contributed by atoms with Gasteiger partial charge in [0, 0.05) is 41.7 Å². The van der Waals surface area contributed by atoms with Gasteiger partial charge in [0.25, 0.3) is 0 Å². The zero-order chi connectivity index (χ0) is 27.1. The molecule has 0 saturated heterocycles. The molecule has 5 heterocycles. The average molecular weight is 521 g/mol. The summed E-state index contributed by atoms with van der Waals surface area (Å²) >= 11 is 0. The second-order valence-corrected chi connectivity index (χ2v) is 9.96. The van der Waals surface area contributed by atoms with Crippen molar-refractivity contribution in [3.05, 3.63) is 72.6 Å². The quantitative estimate of drug-likeness (QED) is 0.245. The predicted octanol–water partition coefficient (Wildman–Crippen LogP) is 6.06. The molecular formula is C29H25FN8O. The van der Waals surface area contributed by atoms with Gasteiger partial charge in [-0.1, -0.05) is 19.9 Å². The summed E-state index contributed by atoms with van der Waals surface area (Å²) in [7, 11) is 0. The number of pyridine rings is 3. The van der Waals surface area contributed by atoms with Crippen molar-refractivity contribution < 1.29 is 9.18 Å². The van der Waals surface area contributed by atoms with E-state index in [1.165, 1.54) is 12.1 Å². The molecule has 0 atom stereocenters. The fraction of sp³-hybridized carbons (Fsp3) is 0.172. The summed E-state index contributed by atoms with van der Waals surface area (Å²) in [6.45, 7) is 5.85. The maximum Gasteiger partial charge on any atom is 0.224 e. The van der Waals surface area contributed by atoms with Crippen LogP contribution in [0.4, 0.5) is 10.1 Å². The fourth-order valence-corrected chi connectivity index (χ4v) is 4.64. The zero-order valence-electron chi connectivity index (χ0n) is 21.6. The van der Waals surface area contributed by atoms with Crippen LogP contribution in [0.1, 0.15) is 25.8 Å². The maximum atomic E-state index is 14.1. The Bertz CT molecular complexity index is 1840. The smallest absolute Gasteiger partial charge is 0.224 e. The highest BCUT2D eigenvalue weighted by atomic mass is 19.1. The lowest BCUT2D eigenvalue weighted by molar-refractivity contribution is -0.116. The molecule has 0 bridgehead atoms. The van der Waals surface area contributed by atoms with E-state index < -0.39 is 0 Å². The Balaban J connectivity index is 1.39. The molecule has 6 rings (SSSR count). The number of imidazole rings is 1. The number of H-pyrrole nitrogens is 2. The predicted molar refractivity (Wildman–Crippen MR) is 148 cm³/mol. The summed E-state index contributed by atoms with van der Waals surface area (Å²) < 4.78 is 14.1. The summed E-state index contributed by atoms with van der Waals surface area (Å²) in [6.07, 6.45) is 7.17. The van der Waals surface area contributed by atoms with Gasteiger partial charge >= 0.3 is 0 Å². The van der Waals surface area contributed by atoms with Crippen LogP contribution in [0.25, 0.3) is 56.0 Å². The minimum atomic E-state index is -0.305. The molecule has 3 N–H and O–H groups in total. The van der Waals surface area contributed by atoms with Gasteiger partial charge in [-0.25, -0.2) is 19.3 Å². The molecule has 0 unspecified atom stereocenters. The number of nitrogens with one attached hydrogen (secondary N) is 3. The van der Waals surface area contributed by atoms with Crippen molar-refractivity contribution in [1.82, 2.24) is 35.1 Å². The summed E-state index contributed by atoms with van der Waals surface area (Å²) in [5.74, 6) is 0.410. The Hall–Kier alpha value is -4.99. The second-order valence-electron chi connectivity index (χ2n) is 9.96. The van der Waals surface area contributed by atoms with E-state index in [1.807, 2.05) is 45.0 Å². The van der Waals surface area contributed by atoms with Crippen LogP contribution in [0.3, 0.4) is 0 Å². The summed E-state index contributed by atoms with van der Waals surface area (Å²) in [5, 5.41) is 11.1. The average Bonchev–Trinajstić information content (AvgIpc) is 3.51. The van der Waals surface area contributed by atoms with Crippen LogP contribution in [0.2, 0.25) is 0 Å². The molecule has 6 aromatic rings. The van der Waals surface area contributed by atoms with Crippen molar-refractivity contribution in [2.75, 3.05) is 5.32 Å². The molecule has 9 nitrogen and oxygen atoms in total. The van der Waals surface area contributed by atoms with Crippen LogP contribution in [-0.4, -0.2) is 41.0 Å². The highest BCUT2D eigenvalue weighted by Crippen LogP contribution is 2.32. The standard InChI is InChI=1S/C29H25FN8O/c1-15(2)6-24(39)34-21-10-18(12-31-14-21)19-11-23-26(37-38-27(23)33-13-19)29-35-25-22(4-5-32-28(25)36-29)17-7-16(3)8-20(30)9-17/h4-5,7-15H,6H2,1-3H3,(H,34,39)(H,32,35,36)(H,33,37,38). The molecule has 1 aromatic carbocycles. The lowest BCUT2D eigenvalue weighted by Gasteiger charge is -2.08. The minimum absolute atomic E-state index is 0.0547. The van der Waals surface area contributed by atoms with Gasteiger partial charge in [0.1, 0.15) is 17.0 Å². The summed E-state index contributed by atoms with van der Waals surface area (Å²) in [5.41, 5.74) is 6.90. The van der Waals surface area contributed by atoms with E-state index in [9.17, 15) is 9.18 Å². The molecule has 39 heavy (non-hydrogen) atoms. The van der Waals surface area contributed by atoms with Gasteiger partial charge in [-0.05, 0) is 54.3 Å². The van der Waals surface area contributed by atoms with Crippen LogP contribution < -0.4 is 5.32 Å². The number of anilines is 1. The Kier molecular flexibility index (Phi) is 6.07. The number of rotatable bonds is 6. The van der Waals surface area contributed by atoms with Gasteiger partial charge in [-0.2, -0.15) is 5.10 Å². The number of hydrogen-bond donors (Lipinski definition) is 3. The van der Waals surface area contributed by atoms with Gasteiger partial charge in [0.2, 0.25) is 5.91 Å².